The first-order chi connectivity index (χ1) is 15.5. The molecule has 5 heteroatoms. The molecule has 0 saturated carbocycles. The second-order valence-corrected chi connectivity index (χ2v) is 8.78. The van der Waals surface area contributed by atoms with Gasteiger partial charge in [0.2, 0.25) is 0 Å². The van der Waals surface area contributed by atoms with E-state index in [1.807, 2.05) is 48.2 Å². The van der Waals surface area contributed by atoms with Gasteiger partial charge >= 0.3 is 6.09 Å². The zero-order valence-corrected chi connectivity index (χ0v) is 18.4. The van der Waals surface area contributed by atoms with Gasteiger partial charge in [0.15, 0.2) is 0 Å². The Morgan fingerprint density at radius 3 is 2.31 bits per heavy atom. The number of carbonyl (C=O) groups is 2. The smallest absolute Gasteiger partial charge is 0.410 e. The third-order valence-electron chi connectivity index (χ3n) is 6.43. The first kappa shape index (κ1) is 20.3. The highest BCUT2D eigenvalue weighted by Gasteiger charge is 2.30. The molecule has 162 valence electrons. The summed E-state index contributed by atoms with van der Waals surface area (Å²) in [4.78, 5) is 29.6. The Labute approximate surface area is 188 Å². The van der Waals surface area contributed by atoms with E-state index in [0.29, 0.717) is 30.9 Å². The highest BCUT2D eigenvalue weighted by atomic mass is 16.6. The lowest BCUT2D eigenvalue weighted by atomic mass is 9.94. The Hall–Kier alpha value is -3.60. The van der Waals surface area contributed by atoms with E-state index < -0.39 is 0 Å². The topological polar surface area (TPSA) is 49.9 Å². The van der Waals surface area contributed by atoms with Crippen LogP contribution >= 0.6 is 0 Å². The Morgan fingerprint density at radius 2 is 1.53 bits per heavy atom. The molecule has 1 atom stereocenters. The van der Waals surface area contributed by atoms with Crippen LogP contribution < -0.4 is 4.74 Å². The van der Waals surface area contributed by atoms with Crippen LogP contribution in [-0.4, -0.2) is 27.8 Å². The Morgan fingerprint density at radius 1 is 0.844 bits per heavy atom. The van der Waals surface area contributed by atoms with E-state index in [-0.39, 0.29) is 18.0 Å². The fourth-order valence-corrected chi connectivity index (χ4v) is 4.54. The van der Waals surface area contributed by atoms with Crippen LogP contribution in [0.15, 0.2) is 66.7 Å². The number of fused-ring (bicyclic) bond motifs is 2. The summed E-state index contributed by atoms with van der Waals surface area (Å²) < 4.78 is 5.52. The third-order valence-corrected chi connectivity index (χ3v) is 6.43. The molecule has 0 N–H and O–H groups in total. The van der Waals surface area contributed by atoms with E-state index in [2.05, 4.69) is 25.1 Å². The first-order valence-corrected chi connectivity index (χ1v) is 11.0. The van der Waals surface area contributed by atoms with Crippen LogP contribution in [0.3, 0.4) is 0 Å². The maximum Gasteiger partial charge on any atom is 0.415 e. The van der Waals surface area contributed by atoms with Crippen molar-refractivity contribution in [2.24, 2.45) is 0 Å². The molecule has 2 aliphatic rings. The molecular formula is C27H26N2O3. The van der Waals surface area contributed by atoms with E-state index in [1.165, 1.54) is 11.1 Å². The number of benzene rings is 3. The molecule has 0 fully saturated rings. The Bertz CT molecular complexity index is 1190. The van der Waals surface area contributed by atoms with Gasteiger partial charge in [-0.25, -0.2) is 4.79 Å². The van der Waals surface area contributed by atoms with Crippen LogP contribution in [0.4, 0.5) is 4.79 Å². The van der Waals surface area contributed by atoms with Gasteiger partial charge in [-0.2, -0.15) is 0 Å². The van der Waals surface area contributed by atoms with Gasteiger partial charge in [0.05, 0.1) is 0 Å². The van der Waals surface area contributed by atoms with Crippen molar-refractivity contribution in [3.8, 4) is 5.75 Å². The lowest BCUT2D eigenvalue weighted by Crippen LogP contribution is -2.42. The van der Waals surface area contributed by atoms with Crippen molar-refractivity contribution in [2.75, 3.05) is 0 Å². The molecule has 2 amide bonds. The molecule has 0 bridgehead atoms. The minimum absolute atomic E-state index is 0.0375. The van der Waals surface area contributed by atoms with Crippen LogP contribution in [0.5, 0.6) is 5.75 Å². The number of amides is 2. The fraction of sp³-hybridized carbons (Fsp3) is 0.259. The summed E-state index contributed by atoms with van der Waals surface area (Å²) in [7, 11) is 0. The maximum atomic E-state index is 13.3. The van der Waals surface area contributed by atoms with Gasteiger partial charge in [-0.15, -0.1) is 0 Å². The molecule has 2 heterocycles. The average Bonchev–Trinajstić information content (AvgIpc) is 3.23. The van der Waals surface area contributed by atoms with Crippen LogP contribution in [0, 0.1) is 6.92 Å². The first-order valence-electron chi connectivity index (χ1n) is 11.0. The molecule has 0 aromatic heterocycles. The predicted octanol–water partition coefficient (Wildman–Crippen LogP) is 5.10. The van der Waals surface area contributed by atoms with Crippen molar-refractivity contribution in [1.29, 1.82) is 0 Å². The highest BCUT2D eigenvalue weighted by molar-refractivity contribution is 5.95. The minimum Gasteiger partial charge on any atom is -0.410 e. The lowest BCUT2D eigenvalue weighted by Gasteiger charge is -2.35. The van der Waals surface area contributed by atoms with Crippen LogP contribution in [0.1, 0.15) is 45.1 Å². The number of hydrogen-bond acceptors (Lipinski definition) is 3. The molecule has 5 rings (SSSR count). The summed E-state index contributed by atoms with van der Waals surface area (Å²) in [6.45, 7) is 5.65. The number of hydrogen-bond donors (Lipinski definition) is 0. The number of nitrogens with zero attached hydrogens (tertiary/aromatic N) is 2. The minimum atomic E-state index is -0.376. The van der Waals surface area contributed by atoms with Gasteiger partial charge in [0, 0.05) is 31.2 Å². The summed E-state index contributed by atoms with van der Waals surface area (Å²) in [5.74, 6) is 0.572. The zero-order valence-electron chi connectivity index (χ0n) is 18.4. The molecule has 0 radical (unpaired) electrons. The standard InChI is InChI=1S/C27H26N2O3/c1-18-7-11-25(12-8-18)32-27(31)28-15-23-10-9-21(14-24(23)16-28)26(30)29-17-22-6-4-3-5-20(22)13-19(29)2/h3-12,14,19H,13,15-17H2,1-2H3/t19-/m1/s1. The lowest BCUT2D eigenvalue weighted by molar-refractivity contribution is 0.0658. The third kappa shape index (κ3) is 3.86. The normalized spacial score (nSPS) is 17.0. The molecule has 2 aliphatic heterocycles. The molecule has 0 unspecified atom stereocenters. The van der Waals surface area contributed by atoms with E-state index in [0.717, 1.165) is 23.1 Å². The molecule has 3 aromatic carbocycles. The molecule has 5 nitrogen and oxygen atoms in total. The quantitative estimate of drug-likeness (QED) is 0.573. The summed E-state index contributed by atoms with van der Waals surface area (Å²) in [6, 6.07) is 21.7. The van der Waals surface area contributed by atoms with Crippen molar-refractivity contribution in [2.45, 2.75) is 45.9 Å². The van der Waals surface area contributed by atoms with E-state index in [4.69, 9.17) is 4.74 Å². The van der Waals surface area contributed by atoms with Crippen molar-refractivity contribution >= 4 is 12.0 Å². The van der Waals surface area contributed by atoms with Crippen molar-refractivity contribution in [3.05, 3.63) is 100 Å². The van der Waals surface area contributed by atoms with Gasteiger partial charge in [-0.1, -0.05) is 48.0 Å². The predicted molar refractivity (Wildman–Crippen MR) is 122 cm³/mol. The van der Waals surface area contributed by atoms with Gasteiger partial charge in [0.1, 0.15) is 5.75 Å². The van der Waals surface area contributed by atoms with Crippen molar-refractivity contribution in [3.63, 3.8) is 0 Å². The summed E-state index contributed by atoms with van der Waals surface area (Å²) >= 11 is 0. The van der Waals surface area contributed by atoms with Gasteiger partial charge < -0.3 is 9.64 Å². The number of rotatable bonds is 2. The van der Waals surface area contributed by atoms with Crippen LogP contribution in [-0.2, 0) is 26.1 Å². The fourth-order valence-electron chi connectivity index (χ4n) is 4.54. The molecule has 0 aliphatic carbocycles. The van der Waals surface area contributed by atoms with Gasteiger partial charge in [-0.3, -0.25) is 9.69 Å². The average molecular weight is 427 g/mol. The van der Waals surface area contributed by atoms with Gasteiger partial charge in [-0.05, 0) is 66.8 Å². The molecule has 0 spiro atoms. The molecule has 3 aromatic rings. The van der Waals surface area contributed by atoms with Crippen molar-refractivity contribution < 1.29 is 14.3 Å². The van der Waals surface area contributed by atoms with Gasteiger partial charge in [0.25, 0.3) is 5.91 Å². The summed E-state index contributed by atoms with van der Waals surface area (Å²) in [5.41, 5.74) is 6.37. The SMILES string of the molecule is Cc1ccc(OC(=O)N2Cc3ccc(C(=O)N4Cc5ccccc5C[C@H]4C)cc3C2)cc1. The van der Waals surface area contributed by atoms with Crippen LogP contribution in [0.2, 0.25) is 0 Å². The molecular weight excluding hydrogens is 400 g/mol. The molecule has 32 heavy (non-hydrogen) atoms. The second-order valence-electron chi connectivity index (χ2n) is 8.78. The van der Waals surface area contributed by atoms with E-state index in [1.54, 1.807) is 17.0 Å². The number of carbonyl (C=O) groups excluding carboxylic acids is 2. The summed E-state index contributed by atoms with van der Waals surface area (Å²) in [5, 5.41) is 0. The highest BCUT2D eigenvalue weighted by Crippen LogP contribution is 2.28. The number of aryl methyl sites for hydroxylation is 1. The summed E-state index contributed by atoms with van der Waals surface area (Å²) in [6.07, 6.45) is 0.491. The van der Waals surface area contributed by atoms with Crippen LogP contribution in [0.25, 0.3) is 0 Å². The van der Waals surface area contributed by atoms with Crippen molar-refractivity contribution in [1.82, 2.24) is 9.80 Å². The Balaban J connectivity index is 1.29. The largest absolute Gasteiger partial charge is 0.415 e. The zero-order chi connectivity index (χ0) is 22.2. The van der Waals surface area contributed by atoms with E-state index >= 15 is 0 Å². The molecule has 0 saturated heterocycles. The Kier molecular flexibility index (Phi) is 5.17. The number of ether oxygens (including phenoxy) is 1. The van der Waals surface area contributed by atoms with E-state index in [9.17, 15) is 9.59 Å². The second kappa shape index (κ2) is 8.15. The monoisotopic (exact) mass is 426 g/mol. The maximum absolute atomic E-state index is 13.3.